The average molecular weight is 397 g/mol. The van der Waals surface area contributed by atoms with Gasteiger partial charge in [0.1, 0.15) is 0 Å². The number of pyridine rings is 2. The molecule has 1 N–H and O–H groups in total. The molecule has 7 heteroatoms. The SMILES string of the molecule is O=C(Cc1cccnc1)NC1[C@@H]2CC[C@H]1CN(C(=O)CSc1ccncc1)C2. The maximum absolute atomic E-state index is 12.7. The second-order valence-electron chi connectivity index (χ2n) is 7.50. The van der Waals surface area contributed by atoms with E-state index < -0.39 is 0 Å². The van der Waals surface area contributed by atoms with Crippen molar-refractivity contribution < 1.29 is 9.59 Å². The molecule has 1 saturated heterocycles. The summed E-state index contributed by atoms with van der Waals surface area (Å²) in [5, 5.41) is 3.23. The lowest BCUT2D eigenvalue weighted by atomic mass is 9.92. The molecular formula is C21H24N4O2S. The van der Waals surface area contributed by atoms with Gasteiger partial charge >= 0.3 is 0 Å². The molecule has 3 heterocycles. The number of aromatic nitrogens is 2. The highest BCUT2D eigenvalue weighted by molar-refractivity contribution is 8.00. The van der Waals surface area contributed by atoms with Crippen LogP contribution in [-0.4, -0.2) is 51.6 Å². The van der Waals surface area contributed by atoms with Gasteiger partial charge in [0.15, 0.2) is 0 Å². The maximum atomic E-state index is 12.7. The Kier molecular flexibility index (Phi) is 5.90. The van der Waals surface area contributed by atoms with E-state index in [1.54, 1.807) is 36.5 Å². The van der Waals surface area contributed by atoms with Gasteiger partial charge in [0, 0.05) is 48.8 Å². The van der Waals surface area contributed by atoms with Crippen molar-refractivity contribution in [1.82, 2.24) is 20.2 Å². The smallest absolute Gasteiger partial charge is 0.232 e. The fourth-order valence-electron chi connectivity index (χ4n) is 4.26. The summed E-state index contributed by atoms with van der Waals surface area (Å²) in [6.45, 7) is 1.48. The van der Waals surface area contributed by atoms with E-state index in [1.807, 2.05) is 29.2 Å². The average Bonchev–Trinajstić information content (AvgIpc) is 2.94. The molecule has 2 bridgehead atoms. The van der Waals surface area contributed by atoms with Crippen LogP contribution in [0, 0.1) is 11.8 Å². The molecule has 0 aromatic carbocycles. The van der Waals surface area contributed by atoms with Crippen molar-refractivity contribution in [2.75, 3.05) is 18.8 Å². The highest BCUT2D eigenvalue weighted by atomic mass is 32.2. The predicted molar refractivity (Wildman–Crippen MR) is 108 cm³/mol. The standard InChI is InChI=1S/C21H24N4O2S/c26-19(10-15-2-1-7-23-11-15)24-21-16-3-4-17(21)13-25(12-16)20(27)14-28-18-5-8-22-9-6-18/h1-2,5-9,11,16-17,21H,3-4,10,12-14H2,(H,24,26)/t16-,17+,21?. The van der Waals surface area contributed by atoms with Gasteiger partial charge in [0.05, 0.1) is 12.2 Å². The number of carbonyl (C=O) groups excluding carboxylic acids is 2. The third-order valence-corrected chi connectivity index (χ3v) is 6.61. The molecule has 1 saturated carbocycles. The van der Waals surface area contributed by atoms with Crippen molar-refractivity contribution in [3.05, 3.63) is 54.6 Å². The summed E-state index contributed by atoms with van der Waals surface area (Å²) in [4.78, 5) is 36.2. The second kappa shape index (κ2) is 8.73. The second-order valence-corrected chi connectivity index (χ2v) is 8.55. The van der Waals surface area contributed by atoms with Crippen LogP contribution in [0.5, 0.6) is 0 Å². The van der Waals surface area contributed by atoms with Gasteiger partial charge in [-0.2, -0.15) is 0 Å². The summed E-state index contributed by atoms with van der Waals surface area (Å²) in [6, 6.07) is 7.79. The van der Waals surface area contributed by atoms with E-state index in [-0.39, 0.29) is 17.9 Å². The molecule has 1 aliphatic carbocycles. The van der Waals surface area contributed by atoms with Gasteiger partial charge < -0.3 is 10.2 Å². The van der Waals surface area contributed by atoms with Gasteiger partial charge in [-0.05, 0) is 48.4 Å². The zero-order chi connectivity index (χ0) is 19.3. The van der Waals surface area contributed by atoms with Gasteiger partial charge in [-0.3, -0.25) is 19.6 Å². The molecule has 0 spiro atoms. The molecule has 2 aromatic heterocycles. The molecule has 6 nitrogen and oxygen atoms in total. The summed E-state index contributed by atoms with van der Waals surface area (Å²) in [5.74, 6) is 1.38. The zero-order valence-corrected chi connectivity index (χ0v) is 16.5. The van der Waals surface area contributed by atoms with E-state index in [2.05, 4.69) is 15.3 Å². The first kappa shape index (κ1) is 18.9. The Morgan fingerprint density at radius 1 is 1.07 bits per heavy atom. The normalized spacial score (nSPS) is 23.4. The fourth-order valence-corrected chi connectivity index (χ4v) is 5.04. The van der Waals surface area contributed by atoms with Crippen LogP contribution in [0.1, 0.15) is 18.4 Å². The van der Waals surface area contributed by atoms with Crippen molar-refractivity contribution >= 4 is 23.6 Å². The minimum Gasteiger partial charge on any atom is -0.352 e. The van der Waals surface area contributed by atoms with Crippen LogP contribution < -0.4 is 5.32 Å². The Morgan fingerprint density at radius 3 is 2.50 bits per heavy atom. The zero-order valence-electron chi connectivity index (χ0n) is 15.7. The Bertz CT molecular complexity index is 804. The first-order valence-electron chi connectivity index (χ1n) is 9.68. The molecule has 146 valence electrons. The minimum absolute atomic E-state index is 0.0444. The van der Waals surface area contributed by atoms with Gasteiger partial charge in [-0.15, -0.1) is 11.8 Å². The molecule has 0 radical (unpaired) electrons. The predicted octanol–water partition coefficient (Wildman–Crippen LogP) is 2.16. The lowest BCUT2D eigenvalue weighted by Crippen LogP contribution is -2.54. The third-order valence-electron chi connectivity index (χ3n) is 5.61. The molecular weight excluding hydrogens is 372 g/mol. The van der Waals surface area contributed by atoms with Crippen LogP contribution in [0.15, 0.2) is 53.9 Å². The Labute approximate surface area is 169 Å². The van der Waals surface area contributed by atoms with Gasteiger partial charge in [-0.1, -0.05) is 6.07 Å². The molecule has 2 aliphatic rings. The van der Waals surface area contributed by atoms with E-state index >= 15 is 0 Å². The molecule has 4 rings (SSSR count). The topological polar surface area (TPSA) is 75.2 Å². The van der Waals surface area contributed by atoms with Crippen LogP contribution in [0.2, 0.25) is 0 Å². The van der Waals surface area contributed by atoms with Crippen molar-refractivity contribution in [3.63, 3.8) is 0 Å². The van der Waals surface area contributed by atoms with Gasteiger partial charge in [0.2, 0.25) is 11.8 Å². The Morgan fingerprint density at radius 2 is 1.82 bits per heavy atom. The Hall–Kier alpha value is -2.41. The number of thioether (sulfide) groups is 1. The number of hydrogen-bond donors (Lipinski definition) is 1. The number of likely N-dealkylation sites (tertiary alicyclic amines) is 1. The van der Waals surface area contributed by atoms with Crippen molar-refractivity contribution in [1.29, 1.82) is 0 Å². The highest BCUT2D eigenvalue weighted by Crippen LogP contribution is 2.37. The van der Waals surface area contributed by atoms with Gasteiger partial charge in [0.25, 0.3) is 0 Å². The number of nitrogens with zero attached hydrogens (tertiary/aromatic N) is 3. The molecule has 1 aliphatic heterocycles. The van der Waals surface area contributed by atoms with Crippen LogP contribution in [-0.2, 0) is 16.0 Å². The lowest BCUT2D eigenvalue weighted by molar-refractivity contribution is -0.131. The van der Waals surface area contributed by atoms with E-state index in [0.717, 1.165) is 36.4 Å². The molecule has 2 amide bonds. The number of nitrogens with one attached hydrogen (secondary N) is 1. The number of hydrogen-bond acceptors (Lipinski definition) is 5. The lowest BCUT2D eigenvalue weighted by Gasteiger charge is -2.38. The molecule has 28 heavy (non-hydrogen) atoms. The maximum Gasteiger partial charge on any atom is 0.232 e. The van der Waals surface area contributed by atoms with Crippen molar-refractivity contribution in [2.24, 2.45) is 11.8 Å². The van der Waals surface area contributed by atoms with Crippen LogP contribution >= 0.6 is 11.8 Å². The minimum atomic E-state index is 0.0444. The first-order chi connectivity index (χ1) is 13.7. The monoisotopic (exact) mass is 396 g/mol. The number of fused-ring (bicyclic) bond motifs is 2. The number of carbonyl (C=O) groups is 2. The van der Waals surface area contributed by atoms with E-state index in [0.29, 0.717) is 24.0 Å². The van der Waals surface area contributed by atoms with Gasteiger partial charge in [-0.25, -0.2) is 0 Å². The van der Waals surface area contributed by atoms with Crippen molar-refractivity contribution in [3.8, 4) is 0 Å². The van der Waals surface area contributed by atoms with E-state index in [9.17, 15) is 9.59 Å². The van der Waals surface area contributed by atoms with Crippen LogP contribution in [0.25, 0.3) is 0 Å². The number of amides is 2. The summed E-state index contributed by atoms with van der Waals surface area (Å²) in [7, 11) is 0. The van der Waals surface area contributed by atoms with Crippen LogP contribution in [0.3, 0.4) is 0 Å². The highest BCUT2D eigenvalue weighted by Gasteiger charge is 2.43. The fraction of sp³-hybridized carbons (Fsp3) is 0.429. The molecule has 3 atom stereocenters. The van der Waals surface area contributed by atoms with E-state index in [1.165, 1.54) is 0 Å². The summed E-state index contributed by atoms with van der Waals surface area (Å²) >= 11 is 1.55. The number of piperidine rings is 1. The Balaban J connectivity index is 1.29. The summed E-state index contributed by atoms with van der Waals surface area (Å²) in [6.07, 6.45) is 9.43. The first-order valence-corrected chi connectivity index (χ1v) is 10.7. The van der Waals surface area contributed by atoms with Crippen molar-refractivity contribution in [2.45, 2.75) is 30.2 Å². The molecule has 2 aromatic rings. The molecule has 2 fully saturated rings. The number of rotatable bonds is 6. The third kappa shape index (κ3) is 4.52. The summed E-state index contributed by atoms with van der Waals surface area (Å²) in [5.41, 5.74) is 0.924. The quantitative estimate of drug-likeness (QED) is 0.758. The largest absolute Gasteiger partial charge is 0.352 e. The molecule has 1 unspecified atom stereocenters. The summed E-state index contributed by atoms with van der Waals surface area (Å²) < 4.78 is 0. The van der Waals surface area contributed by atoms with Crippen LogP contribution in [0.4, 0.5) is 0 Å². The van der Waals surface area contributed by atoms with E-state index in [4.69, 9.17) is 0 Å².